The molecule has 4 N–H and O–H groups in total. The third-order valence-electron chi connectivity index (χ3n) is 4.86. The molecule has 2 aromatic rings. The smallest absolute Gasteiger partial charge is 0.306 e. The highest BCUT2D eigenvalue weighted by atomic mass is 35.5. The van der Waals surface area contributed by atoms with Gasteiger partial charge < -0.3 is 16.2 Å². The molecule has 1 heterocycles. The van der Waals surface area contributed by atoms with Crippen LogP contribution in [0.4, 0.5) is 0 Å². The van der Waals surface area contributed by atoms with Crippen molar-refractivity contribution in [3.05, 3.63) is 52.3 Å². The van der Waals surface area contributed by atoms with Gasteiger partial charge in [-0.15, -0.1) is 24.8 Å². The number of hydrogen-bond acceptors (Lipinski definition) is 5. The van der Waals surface area contributed by atoms with E-state index >= 15 is 0 Å². The van der Waals surface area contributed by atoms with Crippen molar-refractivity contribution in [2.75, 3.05) is 6.61 Å². The van der Waals surface area contributed by atoms with E-state index in [1.165, 1.54) is 0 Å². The first-order valence-corrected chi connectivity index (χ1v) is 10.1. The molecule has 0 radical (unpaired) electrons. The normalized spacial score (nSPS) is 10.4. The summed E-state index contributed by atoms with van der Waals surface area (Å²) in [4.78, 5) is 16.8. The molecule has 0 unspecified atom stereocenters. The predicted octanol–water partition coefficient (Wildman–Crippen LogP) is 4.51. The van der Waals surface area contributed by atoms with Crippen molar-refractivity contribution < 1.29 is 9.53 Å². The number of nitrogens with two attached hydrogens (primary N) is 2. The Hall–Kier alpha value is -1.66. The SMILES string of the molecule is CCOC(=O)CCc1c(C)nc(CC(C)C)c(CN)c1-c1ccc(CN)cc1.Cl.Cl. The Balaban J connectivity index is 0.00000420. The van der Waals surface area contributed by atoms with Gasteiger partial charge in [0.05, 0.1) is 6.61 Å². The molecule has 0 aliphatic carbocycles. The van der Waals surface area contributed by atoms with Crippen molar-refractivity contribution in [2.24, 2.45) is 17.4 Å². The number of nitrogens with zero attached hydrogens (tertiary/aromatic N) is 1. The van der Waals surface area contributed by atoms with Crippen LogP contribution in [0.5, 0.6) is 0 Å². The summed E-state index contributed by atoms with van der Waals surface area (Å²) >= 11 is 0. The van der Waals surface area contributed by atoms with Crippen LogP contribution in [0.15, 0.2) is 24.3 Å². The van der Waals surface area contributed by atoms with E-state index < -0.39 is 0 Å². The lowest BCUT2D eigenvalue weighted by atomic mass is 9.88. The van der Waals surface area contributed by atoms with E-state index in [0.717, 1.165) is 45.6 Å². The van der Waals surface area contributed by atoms with E-state index in [0.29, 0.717) is 38.5 Å². The van der Waals surface area contributed by atoms with Crippen LogP contribution < -0.4 is 11.5 Å². The predicted molar refractivity (Wildman–Crippen MR) is 128 cm³/mol. The van der Waals surface area contributed by atoms with Crippen LogP contribution in [0, 0.1) is 12.8 Å². The number of pyridine rings is 1. The fourth-order valence-corrected chi connectivity index (χ4v) is 3.54. The molecule has 30 heavy (non-hydrogen) atoms. The van der Waals surface area contributed by atoms with Crippen LogP contribution in [-0.4, -0.2) is 17.6 Å². The van der Waals surface area contributed by atoms with Gasteiger partial charge in [-0.2, -0.15) is 0 Å². The molecule has 1 aromatic heterocycles. The molecule has 0 fully saturated rings. The van der Waals surface area contributed by atoms with Crippen molar-refractivity contribution >= 4 is 30.8 Å². The number of aromatic nitrogens is 1. The van der Waals surface area contributed by atoms with Gasteiger partial charge in [0.15, 0.2) is 0 Å². The van der Waals surface area contributed by atoms with Crippen LogP contribution in [0.25, 0.3) is 11.1 Å². The van der Waals surface area contributed by atoms with Gasteiger partial charge in [-0.3, -0.25) is 9.78 Å². The average Bonchev–Trinajstić information content (AvgIpc) is 2.66. The van der Waals surface area contributed by atoms with E-state index in [9.17, 15) is 4.79 Å². The monoisotopic (exact) mass is 455 g/mol. The van der Waals surface area contributed by atoms with Crippen molar-refractivity contribution in [3.8, 4) is 11.1 Å². The maximum atomic E-state index is 11.9. The van der Waals surface area contributed by atoms with E-state index in [2.05, 4.69) is 26.0 Å². The Morgan fingerprint density at radius 3 is 2.20 bits per heavy atom. The first-order valence-electron chi connectivity index (χ1n) is 10.1. The largest absolute Gasteiger partial charge is 0.466 e. The lowest BCUT2D eigenvalue weighted by Crippen LogP contribution is -2.14. The summed E-state index contributed by atoms with van der Waals surface area (Å²) in [5, 5.41) is 0. The van der Waals surface area contributed by atoms with Crippen LogP contribution in [-0.2, 0) is 35.5 Å². The van der Waals surface area contributed by atoms with E-state index in [-0.39, 0.29) is 30.8 Å². The number of aryl methyl sites for hydroxylation is 1. The summed E-state index contributed by atoms with van der Waals surface area (Å²) in [6.45, 7) is 9.52. The minimum atomic E-state index is -0.188. The van der Waals surface area contributed by atoms with Gasteiger partial charge in [-0.05, 0) is 60.4 Å². The number of halogens is 2. The number of ether oxygens (including phenoxy) is 1. The van der Waals surface area contributed by atoms with Crippen molar-refractivity contribution in [3.63, 3.8) is 0 Å². The van der Waals surface area contributed by atoms with Crippen LogP contribution >= 0.6 is 24.8 Å². The fraction of sp³-hybridized carbons (Fsp3) is 0.478. The van der Waals surface area contributed by atoms with Gasteiger partial charge in [-0.25, -0.2) is 0 Å². The van der Waals surface area contributed by atoms with Gasteiger partial charge in [-0.1, -0.05) is 38.1 Å². The zero-order valence-corrected chi connectivity index (χ0v) is 20.0. The minimum Gasteiger partial charge on any atom is -0.466 e. The molecule has 0 bridgehead atoms. The summed E-state index contributed by atoms with van der Waals surface area (Å²) in [6, 6.07) is 8.26. The van der Waals surface area contributed by atoms with Crippen molar-refractivity contribution in [2.45, 2.75) is 60.0 Å². The summed E-state index contributed by atoms with van der Waals surface area (Å²) in [6.07, 6.45) is 1.79. The number of carbonyl (C=O) groups excluding carboxylic acids is 1. The molecule has 0 saturated heterocycles. The minimum absolute atomic E-state index is 0. The molecule has 1 aromatic carbocycles. The Labute approximate surface area is 192 Å². The lowest BCUT2D eigenvalue weighted by molar-refractivity contribution is -0.143. The Bertz CT molecular complexity index is 809. The molecule has 0 aliphatic rings. The first-order chi connectivity index (χ1) is 13.4. The van der Waals surface area contributed by atoms with Crippen LogP contribution in [0.3, 0.4) is 0 Å². The molecule has 2 rings (SSSR count). The van der Waals surface area contributed by atoms with Gasteiger partial charge in [0, 0.05) is 30.9 Å². The number of carbonyl (C=O) groups is 1. The first kappa shape index (κ1) is 28.3. The number of benzene rings is 1. The van der Waals surface area contributed by atoms with Crippen molar-refractivity contribution in [1.29, 1.82) is 0 Å². The van der Waals surface area contributed by atoms with E-state index in [4.69, 9.17) is 21.2 Å². The van der Waals surface area contributed by atoms with E-state index in [1.807, 2.05) is 26.0 Å². The summed E-state index contributed by atoms with van der Waals surface area (Å²) in [7, 11) is 0. The molecular formula is C23H35Cl2N3O2. The van der Waals surface area contributed by atoms with Crippen LogP contribution in [0.1, 0.15) is 55.3 Å². The second kappa shape index (κ2) is 13.6. The van der Waals surface area contributed by atoms with Gasteiger partial charge >= 0.3 is 5.97 Å². The van der Waals surface area contributed by atoms with Crippen LogP contribution in [0.2, 0.25) is 0 Å². The zero-order valence-electron chi connectivity index (χ0n) is 18.4. The van der Waals surface area contributed by atoms with Crippen molar-refractivity contribution in [1.82, 2.24) is 4.98 Å². The highest BCUT2D eigenvalue weighted by Gasteiger charge is 2.20. The number of hydrogen-bond donors (Lipinski definition) is 2. The summed E-state index contributed by atoms with van der Waals surface area (Å²) < 4.78 is 5.11. The average molecular weight is 456 g/mol. The molecule has 0 spiro atoms. The zero-order chi connectivity index (χ0) is 20.7. The quantitative estimate of drug-likeness (QED) is 0.542. The Morgan fingerprint density at radius 1 is 1.07 bits per heavy atom. The lowest BCUT2D eigenvalue weighted by Gasteiger charge is -2.21. The van der Waals surface area contributed by atoms with Gasteiger partial charge in [0.2, 0.25) is 0 Å². The number of esters is 1. The van der Waals surface area contributed by atoms with Gasteiger partial charge in [0.1, 0.15) is 0 Å². The Morgan fingerprint density at radius 2 is 1.70 bits per heavy atom. The van der Waals surface area contributed by atoms with E-state index in [1.54, 1.807) is 0 Å². The second-order valence-electron chi connectivity index (χ2n) is 7.48. The summed E-state index contributed by atoms with van der Waals surface area (Å²) in [5.74, 6) is 0.293. The molecule has 0 amide bonds. The third kappa shape index (κ3) is 7.24. The molecule has 0 saturated carbocycles. The maximum Gasteiger partial charge on any atom is 0.306 e. The molecular weight excluding hydrogens is 421 g/mol. The Kier molecular flexibility index (Phi) is 12.9. The molecule has 0 aliphatic heterocycles. The second-order valence-corrected chi connectivity index (χ2v) is 7.48. The topological polar surface area (TPSA) is 91.2 Å². The standard InChI is InChI=1S/C23H33N3O2.2ClH/c1-5-28-22(27)11-10-19-16(4)26-21(12-15(2)3)20(14-25)23(19)18-8-6-17(13-24)7-9-18;;/h6-9,15H,5,10-14,24-25H2,1-4H3;2*1H. The molecule has 5 nitrogen and oxygen atoms in total. The summed E-state index contributed by atoms with van der Waals surface area (Å²) in [5.41, 5.74) is 19.4. The molecule has 0 atom stereocenters. The number of rotatable bonds is 9. The highest BCUT2D eigenvalue weighted by molar-refractivity contribution is 5.85. The fourth-order valence-electron chi connectivity index (χ4n) is 3.54. The van der Waals surface area contributed by atoms with Gasteiger partial charge in [0.25, 0.3) is 0 Å². The highest BCUT2D eigenvalue weighted by Crippen LogP contribution is 2.33. The maximum absolute atomic E-state index is 11.9. The molecule has 7 heteroatoms. The third-order valence-corrected chi connectivity index (χ3v) is 4.86. The molecule has 168 valence electrons.